The minimum absolute atomic E-state index is 0.0413. The Hall–Kier alpha value is -0.260. The number of likely N-dealkylation sites (N-methyl/N-ethyl adjacent to an activating group) is 1. The Labute approximate surface area is 88.6 Å². The lowest BCUT2D eigenvalue weighted by atomic mass is 10.0. The van der Waals surface area contributed by atoms with Crippen molar-refractivity contribution >= 4 is 17.7 Å². The molecule has 1 N–H and O–H groups in total. The lowest BCUT2D eigenvalue weighted by Gasteiger charge is -2.25. The molecule has 1 heterocycles. The summed E-state index contributed by atoms with van der Waals surface area (Å²) in [5.74, 6) is -0.0790. The molecule has 14 heavy (non-hydrogen) atoms. The summed E-state index contributed by atoms with van der Waals surface area (Å²) in [4.78, 5) is 13.0. The molecule has 0 radical (unpaired) electrons. The van der Waals surface area contributed by atoms with E-state index in [9.17, 15) is 4.79 Å². The van der Waals surface area contributed by atoms with E-state index in [1.807, 2.05) is 13.3 Å². The van der Waals surface area contributed by atoms with Crippen molar-refractivity contribution in [1.29, 1.82) is 0 Å². The molecule has 0 aromatic carbocycles. The van der Waals surface area contributed by atoms with Crippen LogP contribution in [0.4, 0.5) is 0 Å². The second-order valence-electron chi connectivity index (χ2n) is 3.52. The van der Waals surface area contributed by atoms with Gasteiger partial charge in [0.1, 0.15) is 0 Å². The lowest BCUT2D eigenvalue weighted by Crippen LogP contribution is -2.41. The van der Waals surface area contributed by atoms with Gasteiger partial charge in [-0.05, 0) is 13.3 Å². The molecule has 0 aromatic heterocycles. The van der Waals surface area contributed by atoms with E-state index in [1.54, 1.807) is 11.8 Å². The molecule has 82 valence electrons. The highest BCUT2D eigenvalue weighted by Crippen LogP contribution is 2.18. The van der Waals surface area contributed by atoms with E-state index in [-0.39, 0.29) is 12.0 Å². The first-order valence-corrected chi connectivity index (χ1v) is 6.06. The number of hydrogen-bond donors (Lipinski definition) is 1. The standard InChI is InChI=1S/C9H17NO3S/c1-10(3-4-14-2)8-6-13-5-7(8)9(11)12/h7-8H,3-6H2,1-2H3,(H,11,12). The fourth-order valence-electron chi connectivity index (χ4n) is 1.61. The van der Waals surface area contributed by atoms with Gasteiger partial charge in [-0.2, -0.15) is 11.8 Å². The predicted molar refractivity (Wildman–Crippen MR) is 56.7 cm³/mol. The number of aliphatic carboxylic acids is 1. The topological polar surface area (TPSA) is 49.8 Å². The van der Waals surface area contributed by atoms with Gasteiger partial charge in [-0.1, -0.05) is 0 Å². The Balaban J connectivity index is 2.44. The maximum atomic E-state index is 10.9. The van der Waals surface area contributed by atoms with E-state index in [1.165, 1.54) is 0 Å². The minimum atomic E-state index is -0.747. The largest absolute Gasteiger partial charge is 0.481 e. The Morgan fingerprint density at radius 1 is 1.64 bits per heavy atom. The molecule has 1 rings (SSSR count). The van der Waals surface area contributed by atoms with Crippen molar-refractivity contribution in [2.45, 2.75) is 6.04 Å². The third-order valence-corrected chi connectivity index (χ3v) is 3.17. The van der Waals surface area contributed by atoms with Gasteiger partial charge >= 0.3 is 5.97 Å². The monoisotopic (exact) mass is 219 g/mol. The molecule has 0 amide bonds. The summed E-state index contributed by atoms with van der Waals surface area (Å²) in [6.07, 6.45) is 2.05. The van der Waals surface area contributed by atoms with Crippen LogP contribution in [0, 0.1) is 5.92 Å². The number of carbonyl (C=O) groups is 1. The molecule has 1 fully saturated rings. The predicted octanol–water partition coefficient (Wildman–Crippen LogP) is 0.381. The van der Waals surface area contributed by atoms with Crippen LogP contribution in [0.3, 0.4) is 0 Å². The number of carboxylic acids is 1. The van der Waals surface area contributed by atoms with Gasteiger partial charge in [-0.3, -0.25) is 9.69 Å². The minimum Gasteiger partial charge on any atom is -0.481 e. The first-order valence-electron chi connectivity index (χ1n) is 4.66. The fourth-order valence-corrected chi connectivity index (χ4v) is 2.08. The Morgan fingerprint density at radius 2 is 2.36 bits per heavy atom. The first-order chi connectivity index (χ1) is 6.66. The van der Waals surface area contributed by atoms with E-state index in [4.69, 9.17) is 9.84 Å². The third kappa shape index (κ3) is 2.87. The van der Waals surface area contributed by atoms with Gasteiger partial charge in [-0.25, -0.2) is 0 Å². The van der Waals surface area contributed by atoms with Crippen LogP contribution in [0.25, 0.3) is 0 Å². The average molecular weight is 219 g/mol. The van der Waals surface area contributed by atoms with Crippen LogP contribution >= 0.6 is 11.8 Å². The molecule has 5 heteroatoms. The van der Waals surface area contributed by atoms with Gasteiger partial charge in [0, 0.05) is 18.3 Å². The number of hydrogen-bond acceptors (Lipinski definition) is 4. The van der Waals surface area contributed by atoms with E-state index in [0.29, 0.717) is 13.2 Å². The Morgan fingerprint density at radius 3 is 2.93 bits per heavy atom. The van der Waals surface area contributed by atoms with Crippen LogP contribution in [0.15, 0.2) is 0 Å². The maximum absolute atomic E-state index is 10.9. The van der Waals surface area contributed by atoms with Crippen molar-refractivity contribution in [3.05, 3.63) is 0 Å². The molecule has 0 bridgehead atoms. The van der Waals surface area contributed by atoms with Crippen molar-refractivity contribution in [1.82, 2.24) is 4.90 Å². The molecule has 1 saturated heterocycles. The summed E-state index contributed by atoms with van der Waals surface area (Å²) in [5, 5.41) is 8.95. The quantitative estimate of drug-likeness (QED) is 0.724. The van der Waals surface area contributed by atoms with Crippen molar-refractivity contribution in [3.63, 3.8) is 0 Å². The third-order valence-electron chi connectivity index (χ3n) is 2.58. The van der Waals surface area contributed by atoms with Crippen LogP contribution in [-0.4, -0.2) is 60.8 Å². The average Bonchev–Trinajstić information content (AvgIpc) is 2.62. The lowest BCUT2D eigenvalue weighted by molar-refractivity contribution is -0.143. The Bertz CT molecular complexity index is 200. The summed E-state index contributed by atoms with van der Waals surface area (Å²) in [6, 6.07) is 0.0413. The Kier molecular flexibility index (Phi) is 4.71. The molecule has 0 aromatic rings. The highest BCUT2D eigenvalue weighted by molar-refractivity contribution is 7.98. The second-order valence-corrected chi connectivity index (χ2v) is 4.51. The van der Waals surface area contributed by atoms with Crippen LogP contribution in [0.1, 0.15) is 0 Å². The number of thioether (sulfide) groups is 1. The van der Waals surface area contributed by atoms with Crippen molar-refractivity contribution in [3.8, 4) is 0 Å². The fraction of sp³-hybridized carbons (Fsp3) is 0.889. The molecular formula is C9H17NO3S. The maximum Gasteiger partial charge on any atom is 0.310 e. The molecular weight excluding hydrogens is 202 g/mol. The van der Waals surface area contributed by atoms with Gasteiger partial charge in [0.15, 0.2) is 0 Å². The van der Waals surface area contributed by atoms with Crippen LogP contribution in [-0.2, 0) is 9.53 Å². The SMILES string of the molecule is CSCCN(C)C1COCC1C(=O)O. The van der Waals surface area contributed by atoms with Gasteiger partial charge in [0.25, 0.3) is 0 Å². The van der Waals surface area contributed by atoms with Crippen molar-refractivity contribution in [2.24, 2.45) is 5.92 Å². The van der Waals surface area contributed by atoms with Crippen LogP contribution in [0.5, 0.6) is 0 Å². The summed E-state index contributed by atoms with van der Waals surface area (Å²) >= 11 is 1.77. The number of nitrogens with zero attached hydrogens (tertiary/aromatic N) is 1. The summed E-state index contributed by atoms with van der Waals surface area (Å²) in [7, 11) is 1.96. The smallest absolute Gasteiger partial charge is 0.310 e. The number of carboxylic acid groups (broad SMARTS) is 1. The van der Waals surface area contributed by atoms with E-state index >= 15 is 0 Å². The first kappa shape index (κ1) is 11.8. The molecule has 0 spiro atoms. The van der Waals surface area contributed by atoms with Gasteiger partial charge in [-0.15, -0.1) is 0 Å². The van der Waals surface area contributed by atoms with Crippen molar-refractivity contribution < 1.29 is 14.6 Å². The van der Waals surface area contributed by atoms with Gasteiger partial charge in [0.2, 0.25) is 0 Å². The second kappa shape index (κ2) is 5.58. The van der Waals surface area contributed by atoms with Crippen LogP contribution in [0.2, 0.25) is 0 Å². The zero-order chi connectivity index (χ0) is 10.6. The van der Waals surface area contributed by atoms with Crippen molar-refractivity contribution in [2.75, 3.05) is 38.8 Å². The summed E-state index contributed by atoms with van der Waals surface area (Å²) in [6.45, 7) is 1.81. The molecule has 4 nitrogen and oxygen atoms in total. The zero-order valence-corrected chi connectivity index (χ0v) is 9.42. The molecule has 0 saturated carbocycles. The summed E-state index contributed by atoms with van der Waals surface area (Å²) in [5.41, 5.74) is 0. The number of ether oxygens (including phenoxy) is 1. The van der Waals surface area contributed by atoms with E-state index in [0.717, 1.165) is 12.3 Å². The molecule has 1 aliphatic rings. The highest BCUT2D eigenvalue weighted by atomic mass is 32.2. The van der Waals surface area contributed by atoms with E-state index < -0.39 is 5.97 Å². The highest BCUT2D eigenvalue weighted by Gasteiger charge is 2.36. The van der Waals surface area contributed by atoms with Gasteiger partial charge < -0.3 is 9.84 Å². The van der Waals surface area contributed by atoms with E-state index in [2.05, 4.69) is 4.90 Å². The summed E-state index contributed by atoms with van der Waals surface area (Å²) < 4.78 is 5.20. The normalized spacial score (nSPS) is 27.1. The van der Waals surface area contributed by atoms with Gasteiger partial charge in [0.05, 0.1) is 19.1 Å². The molecule has 0 aliphatic carbocycles. The molecule has 2 atom stereocenters. The molecule has 1 aliphatic heterocycles. The zero-order valence-electron chi connectivity index (χ0n) is 8.60. The van der Waals surface area contributed by atoms with Crippen LogP contribution < -0.4 is 0 Å². The molecule has 2 unspecified atom stereocenters. The number of rotatable bonds is 5.